The first-order valence-electron chi connectivity index (χ1n) is 6.12. The Morgan fingerprint density at radius 2 is 1.94 bits per heavy atom. The number of rotatable bonds is 4. The molecule has 1 aromatic heterocycles. The van der Waals surface area contributed by atoms with E-state index in [4.69, 9.17) is 4.42 Å². The first kappa shape index (κ1) is 10.6. The highest BCUT2D eigenvalue weighted by Crippen LogP contribution is 2.40. The van der Waals surface area contributed by atoms with Crippen molar-refractivity contribution in [3.05, 3.63) is 59.5 Å². The normalized spacial score (nSPS) is 17.0. The third-order valence-electron chi connectivity index (χ3n) is 3.38. The zero-order valence-electron chi connectivity index (χ0n) is 9.67. The summed E-state index contributed by atoms with van der Waals surface area (Å²) in [6.07, 6.45) is 6.12. The number of aliphatic hydroxyl groups is 1. The zero-order chi connectivity index (χ0) is 11.7. The van der Waals surface area contributed by atoms with Crippen LogP contribution in [0.2, 0.25) is 0 Å². The van der Waals surface area contributed by atoms with Crippen LogP contribution in [0, 0.1) is 0 Å². The van der Waals surface area contributed by atoms with Crippen LogP contribution in [0.3, 0.4) is 0 Å². The van der Waals surface area contributed by atoms with E-state index in [9.17, 15) is 5.11 Å². The summed E-state index contributed by atoms with van der Waals surface area (Å²) in [5.74, 6) is 0.773. The molecule has 0 saturated heterocycles. The van der Waals surface area contributed by atoms with Crippen molar-refractivity contribution in [3.63, 3.8) is 0 Å². The quantitative estimate of drug-likeness (QED) is 0.869. The van der Waals surface area contributed by atoms with Gasteiger partial charge in [-0.05, 0) is 41.5 Å². The van der Waals surface area contributed by atoms with Gasteiger partial charge in [0.2, 0.25) is 0 Å². The van der Waals surface area contributed by atoms with Gasteiger partial charge < -0.3 is 9.52 Å². The van der Waals surface area contributed by atoms with Crippen LogP contribution in [0.4, 0.5) is 0 Å². The number of benzene rings is 1. The molecule has 0 bridgehead atoms. The molecule has 0 spiro atoms. The average Bonchev–Trinajstić information content (AvgIpc) is 3.09. The van der Waals surface area contributed by atoms with Gasteiger partial charge in [0.15, 0.2) is 0 Å². The Hall–Kier alpha value is -1.54. The van der Waals surface area contributed by atoms with Crippen molar-refractivity contribution in [1.82, 2.24) is 0 Å². The smallest absolute Gasteiger partial charge is 0.0935 e. The lowest BCUT2D eigenvalue weighted by molar-refractivity contribution is 0.178. The van der Waals surface area contributed by atoms with Gasteiger partial charge in [0, 0.05) is 6.42 Å². The highest BCUT2D eigenvalue weighted by atomic mass is 16.3. The molecule has 1 unspecified atom stereocenters. The Morgan fingerprint density at radius 3 is 2.53 bits per heavy atom. The fourth-order valence-electron chi connectivity index (χ4n) is 2.16. The molecular weight excluding hydrogens is 212 g/mol. The summed E-state index contributed by atoms with van der Waals surface area (Å²) in [5, 5.41) is 10.1. The van der Waals surface area contributed by atoms with Gasteiger partial charge in [-0.15, -0.1) is 0 Å². The van der Waals surface area contributed by atoms with Gasteiger partial charge in [-0.1, -0.05) is 24.3 Å². The van der Waals surface area contributed by atoms with Crippen LogP contribution in [-0.4, -0.2) is 5.11 Å². The van der Waals surface area contributed by atoms with Gasteiger partial charge in [0.1, 0.15) is 0 Å². The van der Waals surface area contributed by atoms with E-state index in [1.54, 1.807) is 12.5 Å². The zero-order valence-corrected chi connectivity index (χ0v) is 9.67. The molecule has 1 atom stereocenters. The molecule has 3 rings (SSSR count). The van der Waals surface area contributed by atoms with Gasteiger partial charge in [0.05, 0.1) is 18.6 Å². The largest absolute Gasteiger partial charge is 0.472 e. The third-order valence-corrected chi connectivity index (χ3v) is 3.38. The molecule has 17 heavy (non-hydrogen) atoms. The van der Waals surface area contributed by atoms with Crippen LogP contribution >= 0.6 is 0 Å². The van der Waals surface area contributed by atoms with Gasteiger partial charge in [-0.25, -0.2) is 0 Å². The molecule has 2 heteroatoms. The Morgan fingerprint density at radius 1 is 1.18 bits per heavy atom. The highest BCUT2D eigenvalue weighted by Gasteiger charge is 2.23. The Bertz CT molecular complexity index is 466. The standard InChI is InChI=1S/C15H16O2/c16-15(9-11-7-8-17-10-11)14-5-3-13(4-6-14)12-1-2-12/h3-8,10,12,15-16H,1-2,9H2. The molecule has 2 aromatic rings. The van der Waals surface area contributed by atoms with E-state index in [0.29, 0.717) is 6.42 Å². The second kappa shape index (κ2) is 4.38. The second-order valence-corrected chi connectivity index (χ2v) is 4.79. The van der Waals surface area contributed by atoms with Gasteiger partial charge in [-0.3, -0.25) is 0 Å². The maximum absolute atomic E-state index is 10.1. The minimum absolute atomic E-state index is 0.444. The van der Waals surface area contributed by atoms with E-state index in [0.717, 1.165) is 17.0 Å². The minimum atomic E-state index is -0.444. The van der Waals surface area contributed by atoms with Crippen molar-refractivity contribution in [2.75, 3.05) is 0 Å². The molecule has 2 nitrogen and oxygen atoms in total. The number of aliphatic hydroxyl groups excluding tert-OH is 1. The van der Waals surface area contributed by atoms with Crippen molar-refractivity contribution in [3.8, 4) is 0 Å². The van der Waals surface area contributed by atoms with Crippen LogP contribution < -0.4 is 0 Å². The van der Waals surface area contributed by atoms with Crippen molar-refractivity contribution in [1.29, 1.82) is 0 Å². The predicted molar refractivity (Wildman–Crippen MR) is 65.8 cm³/mol. The van der Waals surface area contributed by atoms with Crippen LogP contribution in [0.25, 0.3) is 0 Å². The summed E-state index contributed by atoms with van der Waals surface area (Å²) >= 11 is 0. The van der Waals surface area contributed by atoms with Crippen molar-refractivity contribution >= 4 is 0 Å². The van der Waals surface area contributed by atoms with Crippen LogP contribution in [0.1, 0.15) is 41.6 Å². The molecule has 1 aliphatic rings. The average molecular weight is 228 g/mol. The van der Waals surface area contributed by atoms with Gasteiger partial charge >= 0.3 is 0 Å². The van der Waals surface area contributed by atoms with Crippen LogP contribution in [-0.2, 0) is 6.42 Å². The molecule has 1 aromatic carbocycles. The SMILES string of the molecule is OC(Cc1ccoc1)c1ccc(C2CC2)cc1. The Labute approximate surface area is 101 Å². The lowest BCUT2D eigenvalue weighted by atomic mass is 10.0. The lowest BCUT2D eigenvalue weighted by Crippen LogP contribution is -2.00. The molecule has 1 fully saturated rings. The molecule has 88 valence electrons. The van der Waals surface area contributed by atoms with E-state index in [1.165, 1.54) is 18.4 Å². The molecule has 1 heterocycles. The summed E-state index contributed by atoms with van der Waals surface area (Å²) in [6, 6.07) is 10.3. The predicted octanol–water partition coefficient (Wildman–Crippen LogP) is 3.43. The minimum Gasteiger partial charge on any atom is -0.472 e. The highest BCUT2D eigenvalue weighted by molar-refractivity contribution is 5.29. The van der Waals surface area contributed by atoms with Crippen molar-refractivity contribution in [2.24, 2.45) is 0 Å². The van der Waals surface area contributed by atoms with Gasteiger partial charge in [0.25, 0.3) is 0 Å². The summed E-state index contributed by atoms with van der Waals surface area (Å²) < 4.78 is 5.00. The second-order valence-electron chi connectivity index (χ2n) is 4.79. The molecule has 0 radical (unpaired) electrons. The van der Waals surface area contributed by atoms with Crippen LogP contribution in [0.15, 0.2) is 47.3 Å². The number of hydrogen-bond donors (Lipinski definition) is 1. The van der Waals surface area contributed by atoms with E-state index in [1.807, 2.05) is 18.2 Å². The van der Waals surface area contributed by atoms with E-state index in [2.05, 4.69) is 12.1 Å². The van der Waals surface area contributed by atoms with E-state index in [-0.39, 0.29) is 0 Å². The molecule has 0 aliphatic heterocycles. The summed E-state index contributed by atoms with van der Waals surface area (Å²) in [6.45, 7) is 0. The molecular formula is C15H16O2. The monoisotopic (exact) mass is 228 g/mol. The lowest BCUT2D eigenvalue weighted by Gasteiger charge is -2.10. The third kappa shape index (κ3) is 2.42. The fraction of sp³-hybridized carbons (Fsp3) is 0.333. The summed E-state index contributed by atoms with van der Waals surface area (Å²) in [4.78, 5) is 0. The first-order chi connectivity index (χ1) is 8.33. The number of furan rings is 1. The Balaban J connectivity index is 1.70. The van der Waals surface area contributed by atoms with E-state index < -0.39 is 6.10 Å². The molecule has 1 aliphatic carbocycles. The van der Waals surface area contributed by atoms with E-state index >= 15 is 0 Å². The van der Waals surface area contributed by atoms with Crippen LogP contribution in [0.5, 0.6) is 0 Å². The number of hydrogen-bond acceptors (Lipinski definition) is 2. The topological polar surface area (TPSA) is 33.4 Å². The molecule has 1 saturated carbocycles. The molecule has 1 N–H and O–H groups in total. The first-order valence-corrected chi connectivity index (χ1v) is 6.12. The molecule has 0 amide bonds. The maximum Gasteiger partial charge on any atom is 0.0935 e. The van der Waals surface area contributed by atoms with Gasteiger partial charge in [-0.2, -0.15) is 0 Å². The summed E-state index contributed by atoms with van der Waals surface area (Å²) in [7, 11) is 0. The fourth-order valence-corrected chi connectivity index (χ4v) is 2.16. The summed E-state index contributed by atoms with van der Waals surface area (Å²) in [5.41, 5.74) is 3.42. The Kier molecular flexibility index (Phi) is 2.73. The maximum atomic E-state index is 10.1. The van der Waals surface area contributed by atoms with Crippen molar-refractivity contribution < 1.29 is 9.52 Å². The van der Waals surface area contributed by atoms with Crippen molar-refractivity contribution in [2.45, 2.75) is 31.3 Å².